The molecular formula is C19H27N3O5. The molecule has 1 aliphatic heterocycles. The average molecular weight is 377 g/mol. The van der Waals surface area contributed by atoms with Crippen LogP contribution in [0.4, 0.5) is 0 Å². The van der Waals surface area contributed by atoms with Crippen LogP contribution in [0.25, 0.3) is 0 Å². The van der Waals surface area contributed by atoms with Gasteiger partial charge in [0.15, 0.2) is 6.61 Å². The second-order valence-electron chi connectivity index (χ2n) is 8.44. The molecule has 8 heteroatoms. The first-order chi connectivity index (χ1) is 12.6. The van der Waals surface area contributed by atoms with Gasteiger partial charge in [0.2, 0.25) is 11.8 Å². The van der Waals surface area contributed by atoms with Gasteiger partial charge >= 0.3 is 5.97 Å². The number of hydrogen-bond acceptors (Lipinski definition) is 6. The van der Waals surface area contributed by atoms with Crippen LogP contribution in [0.1, 0.15) is 59.3 Å². The van der Waals surface area contributed by atoms with Gasteiger partial charge in [-0.1, -0.05) is 20.8 Å². The van der Waals surface area contributed by atoms with Crippen LogP contribution in [0.2, 0.25) is 0 Å². The molecular weight excluding hydrogens is 350 g/mol. The molecule has 8 nitrogen and oxygen atoms in total. The van der Waals surface area contributed by atoms with Gasteiger partial charge in [0.1, 0.15) is 0 Å². The molecule has 0 aromatic rings. The van der Waals surface area contributed by atoms with Crippen molar-refractivity contribution in [2.75, 3.05) is 13.2 Å². The van der Waals surface area contributed by atoms with E-state index < -0.39 is 18.5 Å². The van der Waals surface area contributed by atoms with Gasteiger partial charge in [0.05, 0.1) is 6.42 Å². The highest BCUT2D eigenvalue weighted by molar-refractivity contribution is 6.02. The van der Waals surface area contributed by atoms with Crippen molar-refractivity contribution in [3.8, 4) is 0 Å². The molecule has 1 heterocycles. The summed E-state index contributed by atoms with van der Waals surface area (Å²) >= 11 is 0. The van der Waals surface area contributed by atoms with E-state index >= 15 is 0 Å². The third-order valence-corrected chi connectivity index (χ3v) is 6.89. The largest absolute Gasteiger partial charge is 0.455 e. The number of amides is 3. The monoisotopic (exact) mass is 377 g/mol. The van der Waals surface area contributed by atoms with Crippen molar-refractivity contribution in [3.05, 3.63) is 0 Å². The van der Waals surface area contributed by atoms with E-state index in [4.69, 9.17) is 4.74 Å². The molecule has 1 N–H and O–H groups in total. The molecule has 148 valence electrons. The minimum atomic E-state index is -0.627. The summed E-state index contributed by atoms with van der Waals surface area (Å²) in [6, 6.07) is 0. The Hall–Kier alpha value is -2.25. The lowest BCUT2D eigenvalue weighted by Gasteiger charge is -2.34. The van der Waals surface area contributed by atoms with Crippen LogP contribution in [0, 0.1) is 16.7 Å². The van der Waals surface area contributed by atoms with Gasteiger partial charge in [0, 0.05) is 30.5 Å². The number of carbonyl (C=O) groups is 4. The highest BCUT2D eigenvalue weighted by atomic mass is 16.5. The second kappa shape index (κ2) is 7.05. The van der Waals surface area contributed by atoms with E-state index in [1.807, 2.05) is 0 Å². The van der Waals surface area contributed by atoms with Crippen molar-refractivity contribution >= 4 is 29.4 Å². The smallest absolute Gasteiger partial charge is 0.308 e. The molecule has 2 bridgehead atoms. The van der Waals surface area contributed by atoms with E-state index in [0.29, 0.717) is 5.92 Å². The fourth-order valence-corrected chi connectivity index (χ4v) is 4.55. The predicted molar refractivity (Wildman–Crippen MR) is 96.3 cm³/mol. The van der Waals surface area contributed by atoms with Crippen LogP contribution >= 0.6 is 0 Å². The van der Waals surface area contributed by atoms with Gasteiger partial charge in [0.25, 0.3) is 5.91 Å². The van der Waals surface area contributed by atoms with E-state index in [-0.39, 0.29) is 48.5 Å². The van der Waals surface area contributed by atoms with Crippen LogP contribution < -0.4 is 5.43 Å². The third kappa shape index (κ3) is 3.49. The molecule has 3 rings (SSSR count). The lowest BCUT2D eigenvalue weighted by molar-refractivity contribution is -0.149. The van der Waals surface area contributed by atoms with Crippen molar-refractivity contribution in [2.45, 2.75) is 59.3 Å². The highest BCUT2D eigenvalue weighted by Crippen LogP contribution is 2.63. The zero-order valence-corrected chi connectivity index (χ0v) is 16.2. The SMILES string of the molecule is CC12CCC(C/C1=N/NC(=O)COC(=O)CCN1C(=O)CCC1=O)C2(C)C. The molecule has 3 fully saturated rings. The number of hydrazone groups is 1. The molecule has 2 saturated carbocycles. The Kier molecular flexibility index (Phi) is 5.10. The number of imide groups is 1. The third-order valence-electron chi connectivity index (χ3n) is 6.89. The quantitative estimate of drug-likeness (QED) is 0.428. The Balaban J connectivity index is 1.42. The summed E-state index contributed by atoms with van der Waals surface area (Å²) in [6.07, 6.45) is 3.41. The first-order valence-corrected chi connectivity index (χ1v) is 9.50. The van der Waals surface area contributed by atoms with Gasteiger partial charge in [-0.05, 0) is 30.6 Å². The minimum Gasteiger partial charge on any atom is -0.455 e. The maximum absolute atomic E-state index is 11.9. The normalized spacial score (nSPS) is 30.3. The number of carbonyl (C=O) groups excluding carboxylic acids is 4. The van der Waals surface area contributed by atoms with Crippen molar-refractivity contribution in [1.29, 1.82) is 0 Å². The van der Waals surface area contributed by atoms with Crippen LogP contribution in [0.3, 0.4) is 0 Å². The van der Waals surface area contributed by atoms with E-state index in [1.54, 1.807) is 0 Å². The van der Waals surface area contributed by atoms with Gasteiger partial charge in [-0.25, -0.2) is 5.43 Å². The van der Waals surface area contributed by atoms with Gasteiger partial charge in [-0.15, -0.1) is 0 Å². The summed E-state index contributed by atoms with van der Waals surface area (Å²) in [4.78, 5) is 47.7. The lowest BCUT2D eigenvalue weighted by Crippen LogP contribution is -2.35. The maximum Gasteiger partial charge on any atom is 0.308 e. The Morgan fingerprint density at radius 2 is 1.89 bits per heavy atom. The van der Waals surface area contributed by atoms with E-state index in [1.165, 1.54) is 6.42 Å². The van der Waals surface area contributed by atoms with E-state index in [2.05, 4.69) is 31.3 Å². The number of ether oxygens (including phenoxy) is 1. The molecule has 0 spiro atoms. The molecule has 0 aromatic carbocycles. The lowest BCUT2D eigenvalue weighted by atomic mass is 9.70. The van der Waals surface area contributed by atoms with Crippen LogP contribution in [-0.2, 0) is 23.9 Å². The summed E-state index contributed by atoms with van der Waals surface area (Å²) in [6.45, 7) is 6.28. The summed E-state index contributed by atoms with van der Waals surface area (Å²) in [7, 11) is 0. The predicted octanol–water partition coefficient (Wildman–Crippen LogP) is 1.39. The number of nitrogens with zero attached hydrogens (tertiary/aromatic N) is 2. The Morgan fingerprint density at radius 3 is 2.44 bits per heavy atom. The first-order valence-electron chi connectivity index (χ1n) is 9.50. The van der Waals surface area contributed by atoms with Crippen LogP contribution in [0.15, 0.2) is 5.10 Å². The first kappa shape index (κ1) is 19.5. The van der Waals surface area contributed by atoms with Crippen molar-refractivity contribution in [2.24, 2.45) is 21.8 Å². The second-order valence-corrected chi connectivity index (χ2v) is 8.44. The Morgan fingerprint density at radius 1 is 1.22 bits per heavy atom. The molecule has 0 aromatic heterocycles. The van der Waals surface area contributed by atoms with Gasteiger partial charge < -0.3 is 4.74 Å². The molecule has 1 saturated heterocycles. The maximum atomic E-state index is 11.9. The number of likely N-dealkylation sites (tertiary alicyclic amines) is 1. The van der Waals surface area contributed by atoms with Gasteiger partial charge in [-0.2, -0.15) is 5.10 Å². The van der Waals surface area contributed by atoms with Crippen LogP contribution in [-0.4, -0.2) is 47.5 Å². The standard InChI is InChI=1S/C19H27N3O5/c1-18(2)12-6-8-19(18,3)13(10-12)20-21-14(23)11-27-17(26)7-9-22-15(24)4-5-16(22)25/h12H,4-11H2,1-3H3,(H,21,23)/b20-13-. The number of esters is 1. The molecule has 3 amide bonds. The Bertz CT molecular complexity index is 698. The summed E-state index contributed by atoms with van der Waals surface area (Å²) < 4.78 is 4.91. The van der Waals surface area contributed by atoms with E-state index in [9.17, 15) is 19.2 Å². The average Bonchev–Trinajstić information content (AvgIpc) is 3.12. The highest BCUT2D eigenvalue weighted by Gasteiger charge is 2.60. The molecule has 2 unspecified atom stereocenters. The number of rotatable bonds is 6. The van der Waals surface area contributed by atoms with Crippen molar-refractivity contribution < 1.29 is 23.9 Å². The number of hydrogen-bond donors (Lipinski definition) is 1. The minimum absolute atomic E-state index is 0.00355. The van der Waals surface area contributed by atoms with Crippen LogP contribution in [0.5, 0.6) is 0 Å². The molecule has 2 atom stereocenters. The number of nitrogens with one attached hydrogen (secondary N) is 1. The summed E-state index contributed by atoms with van der Waals surface area (Å²) in [5.74, 6) is -1.08. The summed E-state index contributed by atoms with van der Waals surface area (Å²) in [5, 5.41) is 4.31. The Labute approximate surface area is 158 Å². The van der Waals surface area contributed by atoms with Crippen molar-refractivity contribution in [1.82, 2.24) is 10.3 Å². The molecule has 27 heavy (non-hydrogen) atoms. The molecule has 3 aliphatic rings. The summed E-state index contributed by atoms with van der Waals surface area (Å²) in [5.41, 5.74) is 3.67. The zero-order valence-electron chi connectivity index (χ0n) is 16.2. The van der Waals surface area contributed by atoms with E-state index in [0.717, 1.165) is 23.5 Å². The van der Waals surface area contributed by atoms with Crippen molar-refractivity contribution in [3.63, 3.8) is 0 Å². The topological polar surface area (TPSA) is 105 Å². The number of fused-ring (bicyclic) bond motifs is 2. The van der Waals surface area contributed by atoms with Gasteiger partial charge in [-0.3, -0.25) is 24.1 Å². The molecule has 0 radical (unpaired) electrons. The zero-order chi connectivity index (χ0) is 19.8. The fourth-order valence-electron chi connectivity index (χ4n) is 4.55. The fraction of sp³-hybridized carbons (Fsp3) is 0.737. The molecule has 2 aliphatic carbocycles.